The fourth-order valence-electron chi connectivity index (χ4n) is 0.0426. The van der Waals surface area contributed by atoms with E-state index in [2.05, 4.69) is 0 Å². The van der Waals surface area contributed by atoms with Gasteiger partial charge in [-0.05, 0) is 0 Å². The van der Waals surface area contributed by atoms with Gasteiger partial charge in [-0.15, -0.1) is 7.77 Å². The molecule has 0 aromatic heterocycles. The highest BCUT2D eigenvalue weighted by atomic mass is 32.3. The van der Waals surface area contributed by atoms with Gasteiger partial charge < -0.3 is 0 Å². The standard InChI is InChI=1S/F4NS2/c1-6(2)5-7(3)4/q+1. The van der Waals surface area contributed by atoms with Crippen LogP contribution in [0.15, 0.2) is 3.77 Å². The largest absolute Gasteiger partial charge is 0.590 e. The summed E-state index contributed by atoms with van der Waals surface area (Å²) in [5.41, 5.74) is 0. The van der Waals surface area contributed by atoms with E-state index in [0.29, 0.717) is 0 Å². The Morgan fingerprint density at radius 3 is 1.71 bits per heavy atom. The minimum Gasteiger partial charge on any atom is -0.114 e. The highest BCUT2D eigenvalue weighted by Crippen LogP contribution is 2.04. The summed E-state index contributed by atoms with van der Waals surface area (Å²) in [6, 6.07) is 0. The first-order valence-corrected chi connectivity index (χ1v) is 2.95. The monoisotopic (exact) mass is 154 g/mol. The number of halogens is 4. The second kappa shape index (κ2) is 3.25. The molecule has 0 bridgehead atoms. The van der Waals surface area contributed by atoms with Crippen LogP contribution in [0.1, 0.15) is 0 Å². The third kappa shape index (κ3) is 6.22. The van der Waals surface area contributed by atoms with Crippen LogP contribution in [-0.4, -0.2) is 0 Å². The molecule has 0 rings (SSSR count). The normalized spacial score (nSPS) is 10.6. The van der Waals surface area contributed by atoms with Crippen molar-refractivity contribution in [3.05, 3.63) is 0 Å². The number of hydrogen-bond acceptors (Lipinski definition) is 1. The molecule has 0 radical (unpaired) electrons. The Morgan fingerprint density at radius 2 is 1.71 bits per heavy atom. The van der Waals surface area contributed by atoms with E-state index in [0.717, 1.165) is 0 Å². The molecule has 0 aliphatic carbocycles. The van der Waals surface area contributed by atoms with E-state index in [-0.39, 0.29) is 0 Å². The van der Waals surface area contributed by atoms with Crippen molar-refractivity contribution in [1.29, 1.82) is 0 Å². The van der Waals surface area contributed by atoms with Gasteiger partial charge >= 0.3 is 23.3 Å². The first-order valence-electron chi connectivity index (χ1n) is 0.982. The Labute approximate surface area is 43.5 Å². The van der Waals surface area contributed by atoms with Crippen LogP contribution >= 0.6 is 0 Å². The van der Waals surface area contributed by atoms with Crippen molar-refractivity contribution < 1.29 is 15.5 Å². The molecule has 0 aliphatic rings. The van der Waals surface area contributed by atoms with Crippen LogP contribution < -0.4 is 0 Å². The molecule has 0 amide bonds. The van der Waals surface area contributed by atoms with Crippen molar-refractivity contribution in [2.45, 2.75) is 0 Å². The fourth-order valence-corrected chi connectivity index (χ4v) is 0.383. The highest BCUT2D eigenvalue weighted by Gasteiger charge is 2.19. The summed E-state index contributed by atoms with van der Waals surface area (Å²) >= 11 is -6.92. The Kier molecular flexibility index (Phi) is 3.35. The van der Waals surface area contributed by atoms with E-state index in [9.17, 15) is 15.5 Å². The van der Waals surface area contributed by atoms with Gasteiger partial charge in [0.1, 0.15) is 11.5 Å². The Hall–Kier alpha value is 0.220. The van der Waals surface area contributed by atoms with Gasteiger partial charge in [-0.1, -0.05) is 0 Å². The van der Waals surface area contributed by atoms with Crippen molar-refractivity contribution in [3.8, 4) is 0 Å². The summed E-state index contributed by atoms with van der Waals surface area (Å²) in [6.07, 6.45) is 0. The van der Waals surface area contributed by atoms with Crippen molar-refractivity contribution in [2.75, 3.05) is 0 Å². The maximum Gasteiger partial charge on any atom is 0.590 e. The van der Waals surface area contributed by atoms with Gasteiger partial charge in [-0.2, -0.15) is 0 Å². The molecular formula is F4NS2+. The molecule has 7 heteroatoms. The molecule has 1 nitrogen and oxygen atoms in total. The van der Waals surface area contributed by atoms with E-state index in [4.69, 9.17) is 0 Å². The molecule has 0 unspecified atom stereocenters. The molecule has 0 heterocycles. The molecule has 0 fully saturated rings. The van der Waals surface area contributed by atoms with E-state index < -0.39 is 23.3 Å². The number of hydrogen-bond donors (Lipinski definition) is 0. The second-order valence-corrected chi connectivity index (χ2v) is 1.85. The summed E-state index contributed by atoms with van der Waals surface area (Å²) in [5.74, 6) is 0. The van der Waals surface area contributed by atoms with Gasteiger partial charge in [0.2, 0.25) is 0 Å². The van der Waals surface area contributed by atoms with Crippen LogP contribution in [0.4, 0.5) is 15.5 Å². The van der Waals surface area contributed by atoms with Crippen LogP contribution in [0.25, 0.3) is 0 Å². The number of rotatable bonds is 1. The zero-order chi connectivity index (χ0) is 5.86. The summed E-state index contributed by atoms with van der Waals surface area (Å²) in [5, 5.41) is 0. The van der Waals surface area contributed by atoms with Crippen LogP contribution in [0, 0.1) is 0 Å². The van der Waals surface area contributed by atoms with Crippen LogP contribution in [0.3, 0.4) is 0 Å². The third-order valence-corrected chi connectivity index (χ3v) is 1.01. The van der Waals surface area contributed by atoms with Gasteiger partial charge in [0, 0.05) is 0 Å². The van der Waals surface area contributed by atoms with E-state index in [1.165, 1.54) is 0 Å². The average Bonchev–Trinajstić information content (AvgIpc) is 1.27. The predicted molar refractivity (Wildman–Crippen MR) is 21.6 cm³/mol. The van der Waals surface area contributed by atoms with Crippen molar-refractivity contribution in [1.82, 2.24) is 0 Å². The van der Waals surface area contributed by atoms with E-state index in [1.54, 1.807) is 3.77 Å². The van der Waals surface area contributed by atoms with E-state index in [1.807, 2.05) is 0 Å². The lowest BCUT2D eigenvalue weighted by atomic mass is 13.9. The molecule has 0 saturated heterocycles. The summed E-state index contributed by atoms with van der Waals surface area (Å²) < 4.78 is 44.4. The quantitative estimate of drug-likeness (QED) is 0.403. The topological polar surface area (TPSA) is 12.4 Å². The second-order valence-electron chi connectivity index (χ2n) is 0.467. The molecule has 0 saturated carbocycles. The van der Waals surface area contributed by atoms with Gasteiger partial charge in [0.25, 0.3) is 0 Å². The van der Waals surface area contributed by atoms with Gasteiger partial charge in [0.15, 0.2) is 0 Å². The summed E-state index contributed by atoms with van der Waals surface area (Å²) in [4.78, 5) is 0. The molecule has 0 aliphatic heterocycles. The van der Waals surface area contributed by atoms with Crippen LogP contribution in [-0.2, 0) is 23.3 Å². The average molecular weight is 154 g/mol. The van der Waals surface area contributed by atoms with Crippen LogP contribution in [0.2, 0.25) is 0 Å². The number of nitrogens with zero attached hydrogens (tertiary/aromatic N) is 1. The van der Waals surface area contributed by atoms with Gasteiger partial charge in [-0.3, -0.25) is 0 Å². The van der Waals surface area contributed by atoms with Gasteiger partial charge in [0.05, 0.1) is 0 Å². The van der Waals surface area contributed by atoms with Crippen LogP contribution in [0.5, 0.6) is 0 Å². The molecule has 7 heavy (non-hydrogen) atoms. The lowest BCUT2D eigenvalue weighted by molar-refractivity contribution is 0.760. The molecule has 0 spiro atoms. The lowest BCUT2D eigenvalue weighted by Gasteiger charge is -1.63. The molecule has 0 N–H and O–H groups in total. The molecule has 0 atom stereocenters. The highest BCUT2D eigenvalue weighted by molar-refractivity contribution is 7.93. The fraction of sp³-hybridized carbons (Fsp3) is 0. The summed E-state index contributed by atoms with van der Waals surface area (Å²) in [7, 11) is 0. The lowest BCUT2D eigenvalue weighted by Crippen LogP contribution is -1.72. The smallest absolute Gasteiger partial charge is 0.114 e. The predicted octanol–water partition coefficient (Wildman–Crippen LogP) is 1.86. The molecule has 0 aromatic rings. The summed E-state index contributed by atoms with van der Waals surface area (Å²) in [6.45, 7) is 0. The molecule has 0 aromatic carbocycles. The van der Waals surface area contributed by atoms with Crippen molar-refractivity contribution in [2.24, 2.45) is 3.77 Å². The molecule has 44 valence electrons. The minimum atomic E-state index is -3.46. The molecular weight excluding hydrogens is 154 g/mol. The maximum absolute atomic E-state index is 10.7. The SMILES string of the molecule is FS(F)=N[S+](F)F. The van der Waals surface area contributed by atoms with E-state index >= 15 is 0 Å². The first kappa shape index (κ1) is 7.22. The Balaban J connectivity index is 3.45. The maximum atomic E-state index is 10.7. The van der Waals surface area contributed by atoms with Crippen molar-refractivity contribution in [3.63, 3.8) is 0 Å². The Morgan fingerprint density at radius 1 is 1.29 bits per heavy atom. The first-order chi connectivity index (χ1) is 3.13. The Bertz CT molecular complexity index is 73.8. The van der Waals surface area contributed by atoms with Gasteiger partial charge in [-0.25, -0.2) is 0 Å². The zero-order valence-corrected chi connectivity index (χ0v) is 4.41. The third-order valence-electron chi connectivity index (χ3n) is 0.113. The zero-order valence-electron chi connectivity index (χ0n) is 2.78. The minimum absolute atomic E-state index is 1.67. The van der Waals surface area contributed by atoms with Crippen molar-refractivity contribution >= 4 is 23.3 Å².